The van der Waals surface area contributed by atoms with Gasteiger partial charge in [-0.25, -0.2) is 0 Å². The van der Waals surface area contributed by atoms with Gasteiger partial charge < -0.3 is 35.1 Å². The van der Waals surface area contributed by atoms with Gasteiger partial charge in [0, 0.05) is 27.2 Å². The summed E-state index contributed by atoms with van der Waals surface area (Å²) in [6.07, 6.45) is 1.63. The zero-order valence-electron chi connectivity index (χ0n) is 23.4. The van der Waals surface area contributed by atoms with Crippen molar-refractivity contribution in [3.63, 3.8) is 0 Å². The van der Waals surface area contributed by atoms with Crippen molar-refractivity contribution >= 4 is 28.9 Å². The summed E-state index contributed by atoms with van der Waals surface area (Å²) in [6.45, 7) is 6.91. The minimum Gasteiger partial charge on any atom is -0.505 e. The topological polar surface area (TPSA) is 152 Å². The molecule has 2 unspecified atom stereocenters. The number of aryl methyl sites for hydroxylation is 1. The predicted octanol–water partition coefficient (Wildman–Crippen LogP) is 3.31. The maximum absolute atomic E-state index is 12.8. The first-order chi connectivity index (χ1) is 18.8. The number of rotatable bonds is 10. The van der Waals surface area contributed by atoms with Crippen LogP contribution in [0.4, 0.5) is 17.1 Å². The Bertz CT molecular complexity index is 1480. The van der Waals surface area contributed by atoms with Crippen LogP contribution in [0.15, 0.2) is 44.3 Å². The van der Waals surface area contributed by atoms with Crippen LogP contribution in [-0.2, 0) is 4.79 Å². The fourth-order valence-corrected chi connectivity index (χ4v) is 5.17. The standard InChI is InChI=1S/C29H36N4O7/c1-16-11-12-20(40-16)21(17-8-7-13-33(14-17)15-29(2,3)28(38)39)31-23-22(25(35)26(23)36)30-19-10-6-9-18(24(19)34)27(37)32(4)5/h6,9-12,17,21,30-31,34H,7-8,13-15H2,1-5H3,(H,38,39). The molecule has 1 saturated heterocycles. The number of nitrogens with zero attached hydrogens (tertiary/aromatic N) is 2. The molecule has 11 heteroatoms. The lowest BCUT2D eigenvalue weighted by Gasteiger charge is -2.39. The first-order valence-corrected chi connectivity index (χ1v) is 13.2. The number of likely N-dealkylation sites (tertiary alicyclic amines) is 1. The first-order valence-electron chi connectivity index (χ1n) is 13.2. The van der Waals surface area contributed by atoms with Crippen molar-refractivity contribution in [2.75, 3.05) is 44.4 Å². The number of aromatic hydroxyl groups is 1. The van der Waals surface area contributed by atoms with Crippen LogP contribution < -0.4 is 21.5 Å². The van der Waals surface area contributed by atoms with Crippen LogP contribution in [-0.4, -0.2) is 65.6 Å². The van der Waals surface area contributed by atoms with E-state index in [4.69, 9.17) is 4.42 Å². The second kappa shape index (κ2) is 11.2. The number of benzene rings is 1. The van der Waals surface area contributed by atoms with Gasteiger partial charge in [-0.1, -0.05) is 6.07 Å². The van der Waals surface area contributed by atoms with Gasteiger partial charge in [-0.3, -0.25) is 19.2 Å². The highest BCUT2D eigenvalue weighted by Crippen LogP contribution is 2.37. The lowest BCUT2D eigenvalue weighted by Crippen LogP contribution is -2.46. The van der Waals surface area contributed by atoms with Gasteiger partial charge in [0.15, 0.2) is 5.75 Å². The molecule has 3 aromatic rings. The fraction of sp³-hybridized carbons (Fsp3) is 0.448. The van der Waals surface area contributed by atoms with Crippen molar-refractivity contribution in [3.05, 3.63) is 67.9 Å². The molecule has 214 valence electrons. The molecule has 0 saturated carbocycles. The molecular formula is C29H36N4O7. The van der Waals surface area contributed by atoms with E-state index in [2.05, 4.69) is 15.5 Å². The number of hydrogen-bond donors (Lipinski definition) is 4. The highest BCUT2D eigenvalue weighted by Gasteiger charge is 2.37. The number of piperidine rings is 1. The lowest BCUT2D eigenvalue weighted by atomic mass is 9.86. The minimum atomic E-state index is -0.924. The quantitative estimate of drug-likeness (QED) is 0.218. The number of carbonyl (C=O) groups excluding carboxylic acids is 1. The molecule has 1 fully saturated rings. The van der Waals surface area contributed by atoms with E-state index in [0.29, 0.717) is 24.6 Å². The van der Waals surface area contributed by atoms with Gasteiger partial charge in [0.05, 0.1) is 22.7 Å². The number of para-hydroxylation sites is 1. The van der Waals surface area contributed by atoms with Gasteiger partial charge in [0.2, 0.25) is 0 Å². The Morgan fingerprint density at radius 2 is 1.85 bits per heavy atom. The zero-order chi connectivity index (χ0) is 29.4. The number of carboxylic acid groups (broad SMARTS) is 1. The van der Waals surface area contributed by atoms with Crippen LogP contribution in [0.3, 0.4) is 0 Å². The molecular weight excluding hydrogens is 516 g/mol. The molecule has 2 atom stereocenters. The molecule has 0 aliphatic carbocycles. The Labute approximate surface area is 232 Å². The number of hydrogen-bond acceptors (Lipinski definition) is 9. The van der Waals surface area contributed by atoms with Crippen LogP contribution in [0.2, 0.25) is 0 Å². The first kappa shape index (κ1) is 28.9. The minimum absolute atomic E-state index is 0.0114. The summed E-state index contributed by atoms with van der Waals surface area (Å²) < 4.78 is 5.95. The molecule has 0 bridgehead atoms. The number of furan rings is 1. The Hall–Kier alpha value is -4.12. The van der Waals surface area contributed by atoms with Gasteiger partial charge in [0.1, 0.15) is 22.9 Å². The summed E-state index contributed by atoms with van der Waals surface area (Å²) in [5.74, 6) is -0.368. The lowest BCUT2D eigenvalue weighted by molar-refractivity contribution is -0.148. The summed E-state index contributed by atoms with van der Waals surface area (Å²) in [4.78, 5) is 53.0. The van der Waals surface area contributed by atoms with Crippen molar-refractivity contribution < 1.29 is 24.2 Å². The van der Waals surface area contributed by atoms with Crippen molar-refractivity contribution in [2.45, 2.75) is 39.7 Å². The molecule has 4 N–H and O–H groups in total. The second-order valence-electron chi connectivity index (χ2n) is 11.3. The van der Waals surface area contributed by atoms with Gasteiger partial charge in [0.25, 0.3) is 16.8 Å². The maximum atomic E-state index is 12.8. The summed E-state index contributed by atoms with van der Waals surface area (Å²) >= 11 is 0. The molecule has 11 nitrogen and oxygen atoms in total. The normalized spacial score (nSPS) is 17.0. The molecule has 1 aliphatic heterocycles. The zero-order valence-corrected chi connectivity index (χ0v) is 23.4. The van der Waals surface area contributed by atoms with Crippen molar-refractivity contribution in [3.8, 4) is 5.75 Å². The molecule has 1 aliphatic rings. The number of aliphatic carboxylic acids is 1. The Balaban J connectivity index is 1.63. The average molecular weight is 553 g/mol. The molecule has 2 heterocycles. The number of carboxylic acids is 1. The van der Waals surface area contributed by atoms with E-state index in [1.165, 1.54) is 17.0 Å². The fourth-order valence-electron chi connectivity index (χ4n) is 5.17. The average Bonchev–Trinajstić information content (AvgIpc) is 3.33. The summed E-state index contributed by atoms with van der Waals surface area (Å²) in [7, 11) is 3.12. The number of anilines is 3. The number of carbonyl (C=O) groups is 2. The van der Waals surface area contributed by atoms with Crippen molar-refractivity contribution in [1.82, 2.24) is 9.80 Å². The summed E-state index contributed by atoms with van der Waals surface area (Å²) in [5, 5.41) is 26.4. The number of phenolic OH excluding ortho intramolecular Hbond substituents is 1. The third kappa shape index (κ3) is 5.74. The van der Waals surface area contributed by atoms with E-state index in [9.17, 15) is 29.4 Å². The molecule has 4 rings (SSSR count). The molecule has 1 amide bonds. The van der Waals surface area contributed by atoms with Crippen molar-refractivity contribution in [2.24, 2.45) is 11.3 Å². The molecule has 0 spiro atoms. The number of amides is 1. The predicted molar refractivity (Wildman–Crippen MR) is 151 cm³/mol. The summed E-state index contributed by atoms with van der Waals surface area (Å²) in [5.41, 5.74) is -2.14. The van der Waals surface area contributed by atoms with E-state index in [-0.39, 0.29) is 34.3 Å². The smallest absolute Gasteiger partial charge is 0.310 e. The molecule has 40 heavy (non-hydrogen) atoms. The van der Waals surface area contributed by atoms with Gasteiger partial charge in [-0.15, -0.1) is 0 Å². The highest BCUT2D eigenvalue weighted by atomic mass is 16.4. The molecule has 1 aromatic heterocycles. The number of phenols is 1. The van der Waals surface area contributed by atoms with Gasteiger partial charge in [-0.2, -0.15) is 0 Å². The van der Waals surface area contributed by atoms with Gasteiger partial charge in [-0.05, 0) is 70.3 Å². The third-order valence-corrected chi connectivity index (χ3v) is 7.42. The van der Waals surface area contributed by atoms with Crippen LogP contribution in [0.5, 0.6) is 5.75 Å². The van der Waals surface area contributed by atoms with Crippen LogP contribution in [0.25, 0.3) is 0 Å². The van der Waals surface area contributed by atoms with Crippen LogP contribution >= 0.6 is 0 Å². The molecule has 0 radical (unpaired) electrons. The second-order valence-corrected chi connectivity index (χ2v) is 11.3. The SMILES string of the molecule is Cc1ccc(C(Nc2c(Nc3cccc(C(=O)N(C)C)c3O)c(=O)c2=O)C2CCCN(CC(C)(C)C(=O)O)C2)o1. The Morgan fingerprint density at radius 1 is 1.15 bits per heavy atom. The molecule has 2 aromatic carbocycles. The maximum Gasteiger partial charge on any atom is 0.310 e. The third-order valence-electron chi connectivity index (χ3n) is 7.42. The van der Waals surface area contributed by atoms with E-state index < -0.39 is 34.2 Å². The Kier molecular flexibility index (Phi) is 8.06. The van der Waals surface area contributed by atoms with Gasteiger partial charge >= 0.3 is 5.97 Å². The Morgan fingerprint density at radius 3 is 2.48 bits per heavy atom. The number of nitrogens with one attached hydrogen (secondary N) is 2. The van der Waals surface area contributed by atoms with Crippen molar-refractivity contribution in [1.29, 1.82) is 0 Å². The highest BCUT2D eigenvalue weighted by molar-refractivity contribution is 5.99. The summed E-state index contributed by atoms with van der Waals surface area (Å²) in [6, 6.07) is 7.74. The van der Waals surface area contributed by atoms with E-state index in [1.807, 2.05) is 19.1 Å². The monoisotopic (exact) mass is 552 g/mol. The van der Waals surface area contributed by atoms with E-state index >= 15 is 0 Å². The van der Waals surface area contributed by atoms with Crippen LogP contribution in [0, 0.1) is 18.3 Å². The van der Waals surface area contributed by atoms with E-state index in [1.54, 1.807) is 34.0 Å². The largest absolute Gasteiger partial charge is 0.505 e. The van der Waals surface area contributed by atoms with Crippen LogP contribution in [0.1, 0.15) is 54.6 Å². The van der Waals surface area contributed by atoms with E-state index in [0.717, 1.165) is 19.4 Å².